The Morgan fingerprint density at radius 3 is 0.840 bits per heavy atom. The van der Waals surface area contributed by atoms with Crippen LogP contribution in [0, 0.1) is 0 Å². The maximum absolute atomic E-state index is 12.5. The van der Waals surface area contributed by atoms with Crippen LogP contribution in [0.25, 0.3) is 0 Å². The van der Waals surface area contributed by atoms with Crippen molar-refractivity contribution in [3.8, 4) is 0 Å². The number of carbonyl (C=O) groups is 2. The van der Waals surface area contributed by atoms with Crippen LogP contribution in [0.15, 0.2) is 12.2 Å². The van der Waals surface area contributed by atoms with Gasteiger partial charge < -0.3 is 20.3 Å². The lowest BCUT2D eigenvalue weighted by Gasteiger charge is -2.20. The smallest absolute Gasteiger partial charge is 0.305 e. The average Bonchev–Trinajstić information content (AvgIpc) is 3.47. The van der Waals surface area contributed by atoms with Gasteiger partial charge in [0, 0.05) is 12.8 Å². The number of unbranched alkanes of at least 4 members (excludes halogenated alkanes) is 60. The lowest BCUT2D eigenvalue weighted by atomic mass is 10.0. The molecule has 2 atom stereocenters. The van der Waals surface area contributed by atoms with Crippen LogP contribution in [0.5, 0.6) is 0 Å². The van der Waals surface area contributed by atoms with Crippen LogP contribution in [-0.2, 0) is 14.3 Å². The van der Waals surface area contributed by atoms with E-state index in [0.29, 0.717) is 19.4 Å². The van der Waals surface area contributed by atoms with Crippen molar-refractivity contribution in [3.05, 3.63) is 12.2 Å². The fourth-order valence-corrected chi connectivity index (χ4v) is 12.1. The van der Waals surface area contributed by atoms with Crippen molar-refractivity contribution in [2.24, 2.45) is 0 Å². The molecule has 0 aromatic heterocycles. The van der Waals surface area contributed by atoms with E-state index in [2.05, 4.69) is 19.2 Å². The largest absolute Gasteiger partial charge is 0.466 e. The number of nitrogens with one attached hydrogen (secondary N) is 1. The number of hydrogen-bond acceptors (Lipinski definition) is 5. The lowest BCUT2D eigenvalue weighted by Crippen LogP contribution is -2.45. The summed E-state index contributed by atoms with van der Waals surface area (Å²) in [5.41, 5.74) is 0. The Balaban J connectivity index is 3.34. The fraction of sp³-hybridized carbons (Fsp3) is 0.947. The zero-order chi connectivity index (χ0) is 58.5. The quantitative estimate of drug-likeness (QED) is 0.0320. The van der Waals surface area contributed by atoms with Crippen LogP contribution in [0.1, 0.15) is 431 Å². The summed E-state index contributed by atoms with van der Waals surface area (Å²) >= 11 is 0. The summed E-state index contributed by atoms with van der Waals surface area (Å²) < 4.78 is 5.49. The first-order valence-corrected chi connectivity index (χ1v) is 37.5. The van der Waals surface area contributed by atoms with Gasteiger partial charge in [0.25, 0.3) is 0 Å². The molecule has 81 heavy (non-hydrogen) atoms. The number of hydrogen-bond donors (Lipinski definition) is 3. The topological polar surface area (TPSA) is 95.9 Å². The van der Waals surface area contributed by atoms with Crippen molar-refractivity contribution < 1.29 is 24.5 Å². The lowest BCUT2D eigenvalue weighted by molar-refractivity contribution is -0.143. The molecule has 0 aromatic carbocycles. The third-order valence-electron chi connectivity index (χ3n) is 17.8. The third kappa shape index (κ3) is 67.6. The number of rotatable bonds is 71. The normalized spacial score (nSPS) is 12.5. The molecule has 0 saturated heterocycles. The van der Waals surface area contributed by atoms with E-state index in [1.807, 2.05) is 6.08 Å². The summed E-state index contributed by atoms with van der Waals surface area (Å²) in [6, 6.07) is -0.624. The van der Waals surface area contributed by atoms with E-state index in [-0.39, 0.29) is 18.5 Å². The minimum Gasteiger partial charge on any atom is -0.466 e. The van der Waals surface area contributed by atoms with E-state index in [1.165, 1.54) is 366 Å². The second-order valence-electron chi connectivity index (χ2n) is 26.0. The molecule has 0 aliphatic heterocycles. The molecule has 0 aliphatic rings. The van der Waals surface area contributed by atoms with Gasteiger partial charge in [-0.1, -0.05) is 398 Å². The molecule has 0 bridgehead atoms. The maximum atomic E-state index is 12.5. The maximum Gasteiger partial charge on any atom is 0.305 e. The van der Waals surface area contributed by atoms with Gasteiger partial charge in [0.1, 0.15) is 0 Å². The summed E-state index contributed by atoms with van der Waals surface area (Å²) in [6.07, 6.45) is 88.9. The molecule has 0 aromatic rings. The van der Waals surface area contributed by atoms with Crippen LogP contribution < -0.4 is 5.32 Å². The van der Waals surface area contributed by atoms with Crippen molar-refractivity contribution in [1.29, 1.82) is 0 Å². The van der Waals surface area contributed by atoms with Crippen molar-refractivity contribution in [2.75, 3.05) is 13.2 Å². The van der Waals surface area contributed by atoms with E-state index < -0.39 is 12.1 Å². The number of aliphatic hydroxyl groups excluding tert-OH is 2. The third-order valence-corrected chi connectivity index (χ3v) is 17.8. The molecule has 2 unspecified atom stereocenters. The van der Waals surface area contributed by atoms with Gasteiger partial charge in [-0.3, -0.25) is 9.59 Å². The van der Waals surface area contributed by atoms with E-state index >= 15 is 0 Å². The minimum atomic E-state index is -0.841. The summed E-state index contributed by atoms with van der Waals surface area (Å²) in [4.78, 5) is 24.6. The van der Waals surface area contributed by atoms with Crippen molar-refractivity contribution >= 4 is 11.9 Å². The Labute approximate surface area is 508 Å². The zero-order valence-corrected chi connectivity index (χ0v) is 55.3. The molecule has 3 N–H and O–H groups in total. The van der Waals surface area contributed by atoms with Gasteiger partial charge in [-0.05, 0) is 32.1 Å². The first-order valence-electron chi connectivity index (χ1n) is 37.5. The van der Waals surface area contributed by atoms with Gasteiger partial charge in [0.15, 0.2) is 0 Å². The first kappa shape index (κ1) is 79.6. The number of ether oxygens (including phenoxy) is 1. The second kappa shape index (κ2) is 71.1. The first-order chi connectivity index (χ1) is 40.0. The Bertz CT molecular complexity index is 1220. The standard InChI is InChI=1S/C75H147NO5/c1-3-5-7-9-11-13-15-17-18-19-20-35-38-41-44-47-51-55-59-63-67-73(78)72(71-77)76-74(79)68-64-60-56-52-48-45-42-39-36-33-31-29-27-25-23-21-22-24-26-28-30-32-34-37-40-43-46-50-54-58-62-66-70-81-75(80)69-65-61-57-53-49-16-14-12-10-8-6-4-2/h63,67,72-73,77-78H,3-62,64-66,68-71H2,1-2H3,(H,76,79)/b67-63+. The molecule has 0 fully saturated rings. The highest BCUT2D eigenvalue weighted by Crippen LogP contribution is 2.20. The molecule has 0 radical (unpaired) electrons. The highest BCUT2D eigenvalue weighted by molar-refractivity contribution is 5.76. The molecule has 0 saturated carbocycles. The monoisotopic (exact) mass is 1140 g/mol. The summed E-state index contributed by atoms with van der Waals surface area (Å²) in [6.45, 7) is 4.95. The van der Waals surface area contributed by atoms with Crippen LogP contribution >= 0.6 is 0 Å². The number of carbonyl (C=O) groups excluding carboxylic acids is 2. The van der Waals surface area contributed by atoms with E-state index in [0.717, 1.165) is 38.5 Å². The van der Waals surface area contributed by atoms with Crippen LogP contribution in [0.4, 0.5) is 0 Å². The molecular weight excluding hydrogens is 995 g/mol. The molecule has 0 rings (SSSR count). The fourth-order valence-electron chi connectivity index (χ4n) is 12.1. The molecule has 1 amide bonds. The molecule has 0 spiro atoms. The number of amides is 1. The van der Waals surface area contributed by atoms with E-state index in [1.54, 1.807) is 6.08 Å². The predicted octanol–water partition coefficient (Wildman–Crippen LogP) is 24.3. The van der Waals surface area contributed by atoms with Crippen molar-refractivity contribution in [2.45, 2.75) is 443 Å². The van der Waals surface area contributed by atoms with Crippen LogP contribution in [0.3, 0.4) is 0 Å². The Hall–Kier alpha value is -1.40. The molecule has 6 heteroatoms. The van der Waals surface area contributed by atoms with Gasteiger partial charge >= 0.3 is 5.97 Å². The summed E-state index contributed by atoms with van der Waals surface area (Å²) in [7, 11) is 0. The molecular formula is C75H147NO5. The van der Waals surface area contributed by atoms with Crippen LogP contribution in [-0.4, -0.2) is 47.4 Å². The second-order valence-corrected chi connectivity index (χ2v) is 26.0. The molecule has 0 aliphatic carbocycles. The Morgan fingerprint density at radius 1 is 0.333 bits per heavy atom. The molecule has 482 valence electrons. The zero-order valence-electron chi connectivity index (χ0n) is 55.3. The van der Waals surface area contributed by atoms with Gasteiger partial charge in [-0.25, -0.2) is 0 Å². The van der Waals surface area contributed by atoms with Crippen LogP contribution in [0.2, 0.25) is 0 Å². The Kier molecular flexibility index (Phi) is 69.9. The SMILES string of the molecule is CCCCCCCCCCCCCCCCCCCC/C=C/C(O)C(CO)NC(=O)CCCCCCCCCCCCCCCCCCCCCCCCCCCCCCCCCCOC(=O)CCCCCCCCCCCCCC. The van der Waals surface area contributed by atoms with Gasteiger partial charge in [0.05, 0.1) is 25.4 Å². The molecule has 0 heterocycles. The predicted molar refractivity (Wildman–Crippen MR) is 357 cm³/mol. The highest BCUT2D eigenvalue weighted by atomic mass is 16.5. The summed E-state index contributed by atoms with van der Waals surface area (Å²) in [5, 5.41) is 23.3. The van der Waals surface area contributed by atoms with Crippen molar-refractivity contribution in [1.82, 2.24) is 5.32 Å². The van der Waals surface area contributed by atoms with E-state index in [9.17, 15) is 19.8 Å². The summed E-state index contributed by atoms with van der Waals surface area (Å²) in [5.74, 6) is -0.0361. The Morgan fingerprint density at radius 2 is 0.568 bits per heavy atom. The average molecular weight is 1140 g/mol. The van der Waals surface area contributed by atoms with Gasteiger partial charge in [0.2, 0.25) is 5.91 Å². The highest BCUT2D eigenvalue weighted by Gasteiger charge is 2.18. The minimum absolute atomic E-state index is 0.0226. The number of aliphatic hydroxyl groups is 2. The van der Waals surface area contributed by atoms with Crippen molar-refractivity contribution in [3.63, 3.8) is 0 Å². The number of esters is 1. The molecule has 6 nitrogen and oxygen atoms in total. The van der Waals surface area contributed by atoms with E-state index in [4.69, 9.17) is 4.74 Å². The van der Waals surface area contributed by atoms with Gasteiger partial charge in [-0.15, -0.1) is 0 Å². The number of allylic oxidation sites excluding steroid dienone is 1. The van der Waals surface area contributed by atoms with Gasteiger partial charge in [-0.2, -0.15) is 0 Å².